The average Bonchev–Trinajstić information content (AvgIpc) is 2.89. The van der Waals surface area contributed by atoms with E-state index in [9.17, 15) is 0 Å². The minimum Gasteiger partial charge on any atom is -0.459 e. The van der Waals surface area contributed by atoms with Gasteiger partial charge in [0, 0.05) is 5.39 Å². The molecule has 1 heterocycles. The van der Waals surface area contributed by atoms with E-state index in [4.69, 9.17) is 4.42 Å². The first-order chi connectivity index (χ1) is 9.36. The fourth-order valence-corrected chi connectivity index (χ4v) is 3.31. The fraction of sp³-hybridized carbons (Fsp3) is 0.529. The van der Waals surface area contributed by atoms with Crippen molar-refractivity contribution in [1.29, 1.82) is 0 Å². The Morgan fingerprint density at radius 2 is 2.00 bits per heavy atom. The summed E-state index contributed by atoms with van der Waals surface area (Å²) >= 11 is 0. The minimum absolute atomic E-state index is 0.357. The Labute approximate surface area is 115 Å². The standard InChI is InChI=1S/C17H23NO/c1-18-15(11-13-7-3-2-4-8-13)17-12-14-9-5-6-10-16(14)19-17/h5-6,9-10,12-13,15,18H,2-4,7-8,11H2,1H3. The molecule has 0 spiro atoms. The van der Waals surface area contributed by atoms with Gasteiger partial charge in [0.1, 0.15) is 11.3 Å². The van der Waals surface area contributed by atoms with Crippen LogP contribution in [0, 0.1) is 5.92 Å². The van der Waals surface area contributed by atoms with Crippen molar-refractivity contribution in [3.05, 3.63) is 36.1 Å². The number of rotatable bonds is 4. The van der Waals surface area contributed by atoms with Crippen LogP contribution in [0.3, 0.4) is 0 Å². The van der Waals surface area contributed by atoms with Crippen molar-refractivity contribution in [3.63, 3.8) is 0 Å². The molecule has 0 aliphatic heterocycles. The topological polar surface area (TPSA) is 25.2 Å². The number of fused-ring (bicyclic) bond motifs is 1. The molecule has 1 aliphatic rings. The summed E-state index contributed by atoms with van der Waals surface area (Å²) in [5.74, 6) is 1.95. The third-order valence-corrected chi connectivity index (χ3v) is 4.43. The Balaban J connectivity index is 1.76. The van der Waals surface area contributed by atoms with Gasteiger partial charge in [0.25, 0.3) is 0 Å². The highest BCUT2D eigenvalue weighted by Crippen LogP contribution is 2.33. The van der Waals surface area contributed by atoms with Crippen LogP contribution in [-0.4, -0.2) is 7.05 Å². The zero-order valence-electron chi connectivity index (χ0n) is 11.7. The van der Waals surface area contributed by atoms with Crippen LogP contribution in [0.5, 0.6) is 0 Å². The lowest BCUT2D eigenvalue weighted by Gasteiger charge is -2.25. The smallest absolute Gasteiger partial charge is 0.134 e. The van der Waals surface area contributed by atoms with Crippen molar-refractivity contribution in [2.45, 2.75) is 44.6 Å². The molecule has 19 heavy (non-hydrogen) atoms. The van der Waals surface area contributed by atoms with Gasteiger partial charge in [-0.1, -0.05) is 50.3 Å². The number of hydrogen-bond acceptors (Lipinski definition) is 2. The summed E-state index contributed by atoms with van der Waals surface area (Å²) in [6, 6.07) is 10.8. The van der Waals surface area contributed by atoms with E-state index in [-0.39, 0.29) is 0 Å². The Bertz CT molecular complexity index is 492. The van der Waals surface area contributed by atoms with Crippen LogP contribution in [0.2, 0.25) is 0 Å². The summed E-state index contributed by atoms with van der Waals surface area (Å²) in [7, 11) is 2.04. The van der Waals surface area contributed by atoms with Crippen LogP contribution in [0.1, 0.15) is 50.3 Å². The predicted molar refractivity (Wildman–Crippen MR) is 79.2 cm³/mol. The molecule has 0 radical (unpaired) electrons. The molecule has 1 aliphatic carbocycles. The second kappa shape index (κ2) is 5.79. The average molecular weight is 257 g/mol. The summed E-state index contributed by atoms with van der Waals surface area (Å²) in [5, 5.41) is 4.64. The third-order valence-electron chi connectivity index (χ3n) is 4.43. The first-order valence-electron chi connectivity index (χ1n) is 7.52. The molecule has 2 aromatic rings. The number of benzene rings is 1. The van der Waals surface area contributed by atoms with Gasteiger partial charge in [-0.2, -0.15) is 0 Å². The zero-order valence-corrected chi connectivity index (χ0v) is 11.7. The van der Waals surface area contributed by atoms with Crippen LogP contribution in [0.4, 0.5) is 0 Å². The second-order valence-corrected chi connectivity index (χ2v) is 5.77. The van der Waals surface area contributed by atoms with Crippen molar-refractivity contribution in [3.8, 4) is 0 Å². The van der Waals surface area contributed by atoms with Gasteiger partial charge >= 0.3 is 0 Å². The predicted octanol–water partition coefficient (Wildman–Crippen LogP) is 4.66. The van der Waals surface area contributed by atoms with E-state index < -0.39 is 0 Å². The summed E-state index contributed by atoms with van der Waals surface area (Å²) in [6.07, 6.45) is 8.21. The van der Waals surface area contributed by atoms with Crippen LogP contribution in [0.15, 0.2) is 34.7 Å². The molecule has 0 amide bonds. The van der Waals surface area contributed by atoms with Crippen molar-refractivity contribution >= 4 is 11.0 Å². The molecule has 1 aromatic carbocycles. The van der Waals surface area contributed by atoms with E-state index in [1.54, 1.807) is 0 Å². The van der Waals surface area contributed by atoms with Crippen molar-refractivity contribution < 1.29 is 4.42 Å². The van der Waals surface area contributed by atoms with Gasteiger partial charge < -0.3 is 9.73 Å². The molecule has 0 saturated heterocycles. The van der Waals surface area contributed by atoms with Gasteiger partial charge in [0.05, 0.1) is 6.04 Å². The van der Waals surface area contributed by atoms with Crippen molar-refractivity contribution in [1.82, 2.24) is 5.32 Å². The van der Waals surface area contributed by atoms with Crippen LogP contribution >= 0.6 is 0 Å². The minimum atomic E-state index is 0.357. The van der Waals surface area contributed by atoms with Gasteiger partial charge in [0.2, 0.25) is 0 Å². The molecule has 1 N–H and O–H groups in total. The molecule has 2 heteroatoms. The van der Waals surface area contributed by atoms with Crippen LogP contribution < -0.4 is 5.32 Å². The maximum absolute atomic E-state index is 6.00. The number of hydrogen-bond donors (Lipinski definition) is 1. The third kappa shape index (κ3) is 2.84. The SMILES string of the molecule is CNC(CC1CCCCC1)c1cc2ccccc2o1. The molecule has 3 rings (SSSR count). The maximum Gasteiger partial charge on any atom is 0.134 e. The molecular formula is C17H23NO. The normalized spacial score (nSPS) is 18.8. The number of nitrogens with one attached hydrogen (secondary N) is 1. The summed E-state index contributed by atoms with van der Waals surface area (Å²) in [5.41, 5.74) is 1.00. The van der Waals surface area contributed by atoms with E-state index in [0.717, 1.165) is 17.3 Å². The highest BCUT2D eigenvalue weighted by molar-refractivity contribution is 5.77. The van der Waals surface area contributed by atoms with Crippen LogP contribution in [-0.2, 0) is 0 Å². The lowest BCUT2D eigenvalue weighted by atomic mass is 9.84. The molecule has 1 unspecified atom stereocenters. The Hall–Kier alpha value is -1.28. The second-order valence-electron chi connectivity index (χ2n) is 5.77. The molecule has 1 atom stereocenters. The highest BCUT2D eigenvalue weighted by Gasteiger charge is 2.21. The first kappa shape index (κ1) is 12.7. The van der Waals surface area contributed by atoms with E-state index >= 15 is 0 Å². The monoisotopic (exact) mass is 257 g/mol. The van der Waals surface area contributed by atoms with Gasteiger partial charge in [-0.15, -0.1) is 0 Å². The zero-order chi connectivity index (χ0) is 13.1. The number of furan rings is 1. The fourth-order valence-electron chi connectivity index (χ4n) is 3.31. The van der Waals surface area contributed by atoms with E-state index in [2.05, 4.69) is 23.5 Å². The molecular weight excluding hydrogens is 234 g/mol. The van der Waals surface area contributed by atoms with Gasteiger partial charge in [0.15, 0.2) is 0 Å². The lowest BCUT2D eigenvalue weighted by molar-refractivity contribution is 0.290. The Kier molecular flexibility index (Phi) is 3.88. The first-order valence-corrected chi connectivity index (χ1v) is 7.52. The molecule has 1 saturated carbocycles. The molecule has 2 nitrogen and oxygen atoms in total. The number of para-hydroxylation sites is 1. The van der Waals surface area contributed by atoms with Gasteiger partial charge in [-0.25, -0.2) is 0 Å². The van der Waals surface area contributed by atoms with E-state index in [1.165, 1.54) is 43.9 Å². The quantitative estimate of drug-likeness (QED) is 0.861. The van der Waals surface area contributed by atoms with Crippen molar-refractivity contribution in [2.24, 2.45) is 5.92 Å². The van der Waals surface area contributed by atoms with E-state index in [0.29, 0.717) is 6.04 Å². The maximum atomic E-state index is 6.00. The van der Waals surface area contributed by atoms with Gasteiger partial charge in [-0.05, 0) is 31.5 Å². The Morgan fingerprint density at radius 3 is 2.74 bits per heavy atom. The molecule has 102 valence electrons. The molecule has 1 aromatic heterocycles. The lowest BCUT2D eigenvalue weighted by Crippen LogP contribution is -2.20. The van der Waals surface area contributed by atoms with E-state index in [1.807, 2.05) is 19.2 Å². The summed E-state index contributed by atoms with van der Waals surface area (Å²) in [6.45, 7) is 0. The van der Waals surface area contributed by atoms with Crippen LogP contribution in [0.25, 0.3) is 11.0 Å². The summed E-state index contributed by atoms with van der Waals surface area (Å²) in [4.78, 5) is 0. The largest absolute Gasteiger partial charge is 0.459 e. The molecule has 1 fully saturated rings. The molecule has 0 bridgehead atoms. The highest BCUT2D eigenvalue weighted by atomic mass is 16.3. The Morgan fingerprint density at radius 1 is 1.21 bits per heavy atom. The summed E-state index contributed by atoms with van der Waals surface area (Å²) < 4.78 is 6.00. The van der Waals surface area contributed by atoms with Gasteiger partial charge in [-0.3, -0.25) is 0 Å². The van der Waals surface area contributed by atoms with Crippen molar-refractivity contribution in [2.75, 3.05) is 7.05 Å².